The topological polar surface area (TPSA) is 76.4 Å². The minimum Gasteiger partial charge on any atom is -0.497 e. The Hall–Kier alpha value is -2.31. The number of methoxy groups -OCH3 is 1. The molecule has 0 aliphatic rings. The molecule has 0 atom stereocenters. The lowest BCUT2D eigenvalue weighted by molar-refractivity contribution is 0.415. The van der Waals surface area contributed by atoms with Crippen LogP contribution in [0.5, 0.6) is 11.5 Å². The van der Waals surface area contributed by atoms with Crippen LogP contribution in [0.1, 0.15) is 11.1 Å². The first kappa shape index (κ1) is 23.4. The van der Waals surface area contributed by atoms with Gasteiger partial charge in [0.05, 0.1) is 23.2 Å². The number of ether oxygens (including phenoxy) is 1. The van der Waals surface area contributed by atoms with E-state index in [-0.39, 0.29) is 10.6 Å². The number of benzene rings is 3. The second kappa shape index (κ2) is 9.88. The molecule has 31 heavy (non-hydrogen) atoms. The Balaban J connectivity index is 2.07. The third-order valence-electron chi connectivity index (χ3n) is 4.15. The Kier molecular flexibility index (Phi) is 7.44. The number of nitrogens with zero attached hydrogens (tertiary/aromatic N) is 1. The molecule has 0 bridgehead atoms. The Morgan fingerprint density at radius 2 is 1.71 bits per heavy atom. The van der Waals surface area contributed by atoms with Gasteiger partial charge < -0.3 is 8.92 Å². The molecule has 0 radical (unpaired) electrons. The van der Waals surface area contributed by atoms with Crippen molar-refractivity contribution in [2.24, 2.45) is 0 Å². The van der Waals surface area contributed by atoms with E-state index < -0.39 is 10.1 Å². The minimum absolute atomic E-state index is 0.0442. The number of hydrogen-bond acceptors (Lipinski definition) is 5. The second-order valence-electron chi connectivity index (χ2n) is 6.20. The van der Waals surface area contributed by atoms with Gasteiger partial charge in [0, 0.05) is 15.1 Å². The van der Waals surface area contributed by atoms with E-state index in [0.29, 0.717) is 36.4 Å². The Morgan fingerprint density at radius 1 is 1.06 bits per heavy atom. The van der Waals surface area contributed by atoms with Crippen molar-refractivity contribution in [3.05, 3.63) is 85.8 Å². The van der Waals surface area contributed by atoms with E-state index >= 15 is 0 Å². The Morgan fingerprint density at radius 3 is 2.29 bits per heavy atom. The minimum atomic E-state index is -4.14. The number of hydrogen-bond donors (Lipinski definition) is 0. The first-order valence-corrected chi connectivity index (χ1v) is 12.1. The van der Waals surface area contributed by atoms with Crippen molar-refractivity contribution in [1.82, 2.24) is 0 Å². The summed E-state index contributed by atoms with van der Waals surface area (Å²) in [5.74, 6) is 0.712. The van der Waals surface area contributed by atoms with E-state index in [1.807, 2.05) is 0 Å². The average molecular weight is 584 g/mol. The zero-order chi connectivity index (χ0) is 22.6. The van der Waals surface area contributed by atoms with Gasteiger partial charge in [-0.3, -0.25) is 0 Å². The number of rotatable bonds is 6. The maximum atomic E-state index is 12.8. The Labute approximate surface area is 202 Å². The molecule has 0 N–H and O–H groups in total. The van der Waals surface area contributed by atoms with Crippen LogP contribution in [0.15, 0.2) is 74.5 Å². The molecular formula is C22H14Br2ClNO4S. The van der Waals surface area contributed by atoms with Gasteiger partial charge in [0.15, 0.2) is 5.75 Å². The quantitative estimate of drug-likeness (QED) is 0.183. The first-order valence-electron chi connectivity index (χ1n) is 8.69. The van der Waals surface area contributed by atoms with Gasteiger partial charge in [-0.25, -0.2) is 0 Å². The third-order valence-corrected chi connectivity index (χ3v) is 6.69. The molecule has 0 spiro atoms. The summed E-state index contributed by atoms with van der Waals surface area (Å²) in [7, 11) is -2.58. The van der Waals surface area contributed by atoms with Crippen LogP contribution in [0.4, 0.5) is 0 Å². The molecule has 0 unspecified atom stereocenters. The van der Waals surface area contributed by atoms with Crippen LogP contribution >= 0.6 is 43.5 Å². The average Bonchev–Trinajstić information content (AvgIpc) is 2.74. The molecular weight excluding hydrogens is 570 g/mol. The molecule has 0 aromatic heterocycles. The van der Waals surface area contributed by atoms with Gasteiger partial charge in [-0.15, -0.1) is 0 Å². The summed E-state index contributed by atoms with van der Waals surface area (Å²) in [6.45, 7) is 0. The predicted octanol–water partition coefficient (Wildman–Crippen LogP) is 6.71. The van der Waals surface area contributed by atoms with Crippen molar-refractivity contribution in [2.45, 2.75) is 4.90 Å². The molecule has 0 saturated heterocycles. The lowest BCUT2D eigenvalue weighted by Crippen LogP contribution is -2.11. The number of allylic oxidation sites excluding steroid dienone is 1. The SMILES string of the molecule is COc1ccc(/C(C#N)=C/c2cc(Br)cc(Br)c2OS(=O)(=O)c2ccc(Cl)cc2)cc1. The summed E-state index contributed by atoms with van der Waals surface area (Å²) in [6, 6.07) is 18.1. The van der Waals surface area contributed by atoms with Crippen molar-refractivity contribution >= 4 is 65.2 Å². The molecule has 0 fully saturated rings. The summed E-state index contributed by atoms with van der Waals surface area (Å²) in [6.07, 6.45) is 1.56. The second-order valence-corrected chi connectivity index (χ2v) is 9.95. The summed E-state index contributed by atoms with van der Waals surface area (Å²) >= 11 is 12.6. The highest BCUT2D eigenvalue weighted by molar-refractivity contribution is 9.11. The monoisotopic (exact) mass is 581 g/mol. The van der Waals surface area contributed by atoms with Crippen molar-refractivity contribution < 1.29 is 17.3 Å². The molecule has 0 amide bonds. The molecule has 3 aromatic rings. The Bertz CT molecular complexity index is 1280. The van der Waals surface area contributed by atoms with E-state index in [1.54, 1.807) is 49.6 Å². The summed E-state index contributed by atoms with van der Waals surface area (Å²) in [4.78, 5) is -0.0442. The van der Waals surface area contributed by atoms with Gasteiger partial charge in [-0.1, -0.05) is 27.5 Å². The fourth-order valence-corrected chi connectivity index (χ4v) is 5.18. The molecule has 5 nitrogen and oxygen atoms in total. The highest BCUT2D eigenvalue weighted by Crippen LogP contribution is 2.37. The zero-order valence-electron chi connectivity index (χ0n) is 16.0. The lowest BCUT2D eigenvalue weighted by atomic mass is 10.0. The van der Waals surface area contributed by atoms with E-state index in [4.69, 9.17) is 20.5 Å². The van der Waals surface area contributed by atoms with E-state index in [0.717, 1.165) is 0 Å². The van der Waals surface area contributed by atoms with E-state index in [1.165, 1.54) is 24.3 Å². The van der Waals surface area contributed by atoms with E-state index in [9.17, 15) is 13.7 Å². The molecule has 0 aliphatic carbocycles. The van der Waals surface area contributed by atoms with Gasteiger partial charge in [-0.2, -0.15) is 13.7 Å². The van der Waals surface area contributed by atoms with Gasteiger partial charge in [-0.05, 0) is 88.2 Å². The molecule has 3 aromatic carbocycles. The van der Waals surface area contributed by atoms with Crippen LogP contribution in [0.25, 0.3) is 11.6 Å². The standard InChI is InChI=1S/C22H14Br2ClNO4S/c1-29-19-6-2-14(3-7-19)16(13-26)10-15-11-17(23)12-21(24)22(15)30-31(27,28)20-8-4-18(25)5-9-20/h2-12H,1H3/b16-10+. The molecule has 158 valence electrons. The summed E-state index contributed by atoms with van der Waals surface area (Å²) < 4.78 is 37.3. The number of halogens is 3. The summed E-state index contributed by atoms with van der Waals surface area (Å²) in [5, 5.41) is 10.1. The third kappa shape index (κ3) is 5.69. The van der Waals surface area contributed by atoms with Gasteiger partial charge in [0.1, 0.15) is 10.6 Å². The molecule has 0 saturated carbocycles. The van der Waals surface area contributed by atoms with Crippen LogP contribution in [0.3, 0.4) is 0 Å². The predicted molar refractivity (Wildman–Crippen MR) is 128 cm³/mol. The zero-order valence-corrected chi connectivity index (χ0v) is 20.7. The van der Waals surface area contributed by atoms with Gasteiger partial charge in [0.2, 0.25) is 0 Å². The maximum absolute atomic E-state index is 12.8. The van der Waals surface area contributed by atoms with Gasteiger partial charge in [0.25, 0.3) is 0 Å². The van der Waals surface area contributed by atoms with Crippen LogP contribution in [-0.2, 0) is 10.1 Å². The molecule has 0 aliphatic heterocycles. The fraction of sp³-hybridized carbons (Fsp3) is 0.0455. The largest absolute Gasteiger partial charge is 0.497 e. The highest BCUT2D eigenvalue weighted by atomic mass is 79.9. The highest BCUT2D eigenvalue weighted by Gasteiger charge is 2.21. The van der Waals surface area contributed by atoms with Crippen LogP contribution in [-0.4, -0.2) is 15.5 Å². The normalized spacial score (nSPS) is 11.6. The van der Waals surface area contributed by atoms with Crippen LogP contribution in [0.2, 0.25) is 5.02 Å². The van der Waals surface area contributed by atoms with Crippen molar-refractivity contribution in [1.29, 1.82) is 5.26 Å². The maximum Gasteiger partial charge on any atom is 0.339 e. The van der Waals surface area contributed by atoms with Crippen LogP contribution in [0, 0.1) is 11.3 Å². The molecule has 9 heteroatoms. The van der Waals surface area contributed by atoms with Crippen molar-refractivity contribution in [3.63, 3.8) is 0 Å². The molecule has 0 heterocycles. The smallest absolute Gasteiger partial charge is 0.339 e. The first-order chi connectivity index (χ1) is 14.7. The summed E-state index contributed by atoms with van der Waals surface area (Å²) in [5.41, 5.74) is 1.36. The van der Waals surface area contributed by atoms with Gasteiger partial charge >= 0.3 is 10.1 Å². The van der Waals surface area contributed by atoms with Crippen molar-refractivity contribution in [2.75, 3.05) is 7.11 Å². The van der Waals surface area contributed by atoms with Crippen molar-refractivity contribution in [3.8, 4) is 17.6 Å². The fourth-order valence-electron chi connectivity index (χ4n) is 2.64. The number of nitriles is 1. The molecule has 3 rings (SSSR count). The lowest BCUT2D eigenvalue weighted by Gasteiger charge is -2.13. The van der Waals surface area contributed by atoms with Crippen LogP contribution < -0.4 is 8.92 Å². The van der Waals surface area contributed by atoms with E-state index in [2.05, 4.69) is 37.9 Å².